The topological polar surface area (TPSA) is 58.6 Å². The van der Waals surface area contributed by atoms with E-state index in [0.717, 1.165) is 12.3 Å². The fourth-order valence-electron chi connectivity index (χ4n) is 2.48. The van der Waals surface area contributed by atoms with Gasteiger partial charge < -0.3 is 15.2 Å². The third kappa shape index (κ3) is 6.24. The summed E-state index contributed by atoms with van der Waals surface area (Å²) < 4.78 is 5.17. The van der Waals surface area contributed by atoms with Gasteiger partial charge in [-0.2, -0.15) is 0 Å². The van der Waals surface area contributed by atoms with Crippen molar-refractivity contribution in [2.75, 3.05) is 13.2 Å². The summed E-state index contributed by atoms with van der Waals surface area (Å²) in [5.74, 6) is 0.878. The lowest BCUT2D eigenvalue weighted by atomic mass is 9.94. The van der Waals surface area contributed by atoms with Gasteiger partial charge in [-0.15, -0.1) is 0 Å². The minimum Gasteiger partial charge on any atom is -0.444 e. The molecule has 1 rings (SSSR count). The normalized spacial score (nSPS) is 18.7. The predicted molar refractivity (Wildman–Crippen MR) is 71.4 cm³/mol. The summed E-state index contributed by atoms with van der Waals surface area (Å²) in [4.78, 5) is 11.5. The van der Waals surface area contributed by atoms with Crippen molar-refractivity contribution in [1.29, 1.82) is 0 Å². The van der Waals surface area contributed by atoms with Crippen molar-refractivity contribution in [3.63, 3.8) is 0 Å². The van der Waals surface area contributed by atoms with Crippen LogP contribution in [0.5, 0.6) is 0 Å². The van der Waals surface area contributed by atoms with Gasteiger partial charge >= 0.3 is 6.09 Å². The maximum absolute atomic E-state index is 11.5. The van der Waals surface area contributed by atoms with Crippen LogP contribution in [-0.4, -0.2) is 30.0 Å². The molecule has 0 heterocycles. The monoisotopic (exact) mass is 257 g/mol. The van der Waals surface area contributed by atoms with Crippen LogP contribution in [0.15, 0.2) is 0 Å². The van der Waals surface area contributed by atoms with Gasteiger partial charge in [-0.1, -0.05) is 25.7 Å². The molecule has 0 bridgehead atoms. The van der Waals surface area contributed by atoms with Crippen LogP contribution in [0.25, 0.3) is 0 Å². The summed E-state index contributed by atoms with van der Waals surface area (Å²) in [6.45, 7) is 6.16. The molecule has 0 aromatic carbocycles. The van der Waals surface area contributed by atoms with Gasteiger partial charge in [-0.3, -0.25) is 0 Å². The van der Waals surface area contributed by atoms with E-state index in [9.17, 15) is 9.90 Å². The molecule has 1 aliphatic carbocycles. The van der Waals surface area contributed by atoms with E-state index >= 15 is 0 Å². The first-order valence-corrected chi connectivity index (χ1v) is 6.98. The molecule has 0 saturated heterocycles. The Labute approximate surface area is 110 Å². The average molecular weight is 257 g/mol. The Morgan fingerprint density at radius 1 is 1.39 bits per heavy atom. The molecule has 1 aliphatic rings. The largest absolute Gasteiger partial charge is 0.444 e. The second-order valence-electron chi connectivity index (χ2n) is 6.32. The van der Waals surface area contributed by atoms with E-state index < -0.39 is 11.7 Å². The minimum atomic E-state index is -0.468. The molecule has 106 valence electrons. The average Bonchev–Trinajstić information content (AvgIpc) is 2.74. The molecule has 0 spiro atoms. The lowest BCUT2D eigenvalue weighted by Gasteiger charge is -2.22. The molecule has 1 fully saturated rings. The van der Waals surface area contributed by atoms with Gasteiger partial charge in [-0.25, -0.2) is 4.79 Å². The zero-order chi connectivity index (χ0) is 13.6. The van der Waals surface area contributed by atoms with Crippen molar-refractivity contribution in [1.82, 2.24) is 5.32 Å². The second kappa shape index (κ2) is 6.98. The summed E-state index contributed by atoms with van der Waals surface area (Å²) in [5, 5.41) is 12.1. The summed E-state index contributed by atoms with van der Waals surface area (Å²) in [5.41, 5.74) is -0.468. The molecule has 1 saturated carbocycles. The van der Waals surface area contributed by atoms with Gasteiger partial charge in [0.1, 0.15) is 5.60 Å². The van der Waals surface area contributed by atoms with Crippen molar-refractivity contribution >= 4 is 6.09 Å². The minimum absolute atomic E-state index is 0.131. The van der Waals surface area contributed by atoms with Crippen LogP contribution in [0.4, 0.5) is 4.79 Å². The Bertz CT molecular complexity index is 254. The molecule has 0 aromatic heterocycles. The third-order valence-electron chi connectivity index (χ3n) is 3.33. The number of aliphatic hydroxyl groups is 1. The number of aliphatic hydroxyl groups excluding tert-OH is 1. The number of ether oxygens (including phenoxy) is 1. The molecule has 18 heavy (non-hydrogen) atoms. The predicted octanol–water partition coefficient (Wildman–Crippen LogP) is 2.70. The molecular weight excluding hydrogens is 230 g/mol. The highest BCUT2D eigenvalue weighted by atomic mass is 16.6. The van der Waals surface area contributed by atoms with Crippen molar-refractivity contribution in [2.45, 2.75) is 58.5 Å². The number of amides is 1. The molecule has 0 aliphatic heterocycles. The van der Waals surface area contributed by atoms with Crippen LogP contribution in [-0.2, 0) is 4.74 Å². The molecule has 0 aromatic rings. The first-order valence-electron chi connectivity index (χ1n) is 6.98. The van der Waals surface area contributed by atoms with Gasteiger partial charge in [-0.05, 0) is 39.0 Å². The van der Waals surface area contributed by atoms with Crippen molar-refractivity contribution in [3.05, 3.63) is 0 Å². The SMILES string of the molecule is CC(C)(C)OC(=O)NC[C@H](CO)CC1CCCC1. The maximum Gasteiger partial charge on any atom is 0.407 e. The third-order valence-corrected chi connectivity index (χ3v) is 3.33. The molecule has 0 unspecified atom stereocenters. The van der Waals surface area contributed by atoms with Crippen LogP contribution >= 0.6 is 0 Å². The molecule has 0 radical (unpaired) electrons. The highest BCUT2D eigenvalue weighted by Crippen LogP contribution is 2.30. The number of carbonyl (C=O) groups is 1. The second-order valence-corrected chi connectivity index (χ2v) is 6.32. The Balaban J connectivity index is 2.23. The summed E-state index contributed by atoms with van der Waals surface area (Å²) in [6, 6.07) is 0. The summed E-state index contributed by atoms with van der Waals surface area (Å²) in [7, 11) is 0. The standard InChI is InChI=1S/C14H27NO3/c1-14(2,3)18-13(17)15-9-12(10-16)8-11-6-4-5-7-11/h11-12,16H,4-10H2,1-3H3,(H,15,17)/t12-/m1/s1. The van der Waals surface area contributed by atoms with Crippen molar-refractivity contribution in [3.8, 4) is 0 Å². The lowest BCUT2D eigenvalue weighted by Crippen LogP contribution is -2.36. The van der Waals surface area contributed by atoms with E-state index in [0.29, 0.717) is 6.54 Å². The van der Waals surface area contributed by atoms with E-state index in [2.05, 4.69) is 5.32 Å². The highest BCUT2D eigenvalue weighted by molar-refractivity contribution is 5.67. The fraction of sp³-hybridized carbons (Fsp3) is 0.929. The number of alkyl carbamates (subject to hydrolysis) is 1. The Morgan fingerprint density at radius 2 is 2.00 bits per heavy atom. The van der Waals surface area contributed by atoms with Gasteiger partial charge in [0.25, 0.3) is 0 Å². The van der Waals surface area contributed by atoms with E-state index in [1.807, 2.05) is 20.8 Å². The van der Waals surface area contributed by atoms with Gasteiger partial charge in [0, 0.05) is 13.2 Å². The highest BCUT2D eigenvalue weighted by Gasteiger charge is 2.21. The number of hydrogen-bond donors (Lipinski definition) is 2. The molecule has 4 nitrogen and oxygen atoms in total. The lowest BCUT2D eigenvalue weighted by molar-refractivity contribution is 0.0508. The molecule has 1 amide bonds. The first kappa shape index (κ1) is 15.3. The molecule has 1 atom stereocenters. The number of hydrogen-bond acceptors (Lipinski definition) is 3. The Morgan fingerprint density at radius 3 is 2.50 bits per heavy atom. The van der Waals surface area contributed by atoms with Gasteiger partial charge in [0.2, 0.25) is 0 Å². The molecular formula is C14H27NO3. The first-order chi connectivity index (χ1) is 8.40. The van der Waals surface area contributed by atoms with Crippen molar-refractivity contribution < 1.29 is 14.6 Å². The Hall–Kier alpha value is -0.770. The van der Waals surface area contributed by atoms with E-state index in [-0.39, 0.29) is 12.5 Å². The number of rotatable bonds is 5. The Kier molecular flexibility index (Phi) is 5.93. The van der Waals surface area contributed by atoms with Crippen LogP contribution in [0.3, 0.4) is 0 Å². The zero-order valence-electron chi connectivity index (χ0n) is 11.9. The van der Waals surface area contributed by atoms with E-state index in [1.54, 1.807) is 0 Å². The van der Waals surface area contributed by atoms with Crippen LogP contribution in [0.2, 0.25) is 0 Å². The maximum atomic E-state index is 11.5. The van der Waals surface area contributed by atoms with E-state index in [1.165, 1.54) is 25.7 Å². The quantitative estimate of drug-likeness (QED) is 0.796. The molecule has 4 heteroatoms. The van der Waals surface area contributed by atoms with Gasteiger partial charge in [0.05, 0.1) is 0 Å². The number of carbonyl (C=O) groups excluding carboxylic acids is 1. The smallest absolute Gasteiger partial charge is 0.407 e. The van der Waals surface area contributed by atoms with Crippen LogP contribution in [0.1, 0.15) is 52.9 Å². The number of nitrogens with one attached hydrogen (secondary N) is 1. The molecule has 2 N–H and O–H groups in total. The summed E-state index contributed by atoms with van der Waals surface area (Å²) >= 11 is 0. The van der Waals surface area contributed by atoms with E-state index in [4.69, 9.17) is 4.74 Å². The van der Waals surface area contributed by atoms with Crippen molar-refractivity contribution in [2.24, 2.45) is 11.8 Å². The zero-order valence-corrected chi connectivity index (χ0v) is 11.9. The van der Waals surface area contributed by atoms with Crippen LogP contribution < -0.4 is 5.32 Å². The van der Waals surface area contributed by atoms with Crippen LogP contribution in [0, 0.1) is 11.8 Å². The summed E-state index contributed by atoms with van der Waals surface area (Å²) in [6.07, 6.45) is 5.76. The van der Waals surface area contributed by atoms with Gasteiger partial charge in [0.15, 0.2) is 0 Å². The fourth-order valence-corrected chi connectivity index (χ4v) is 2.48.